The van der Waals surface area contributed by atoms with Crippen LogP contribution >= 0.6 is 12.2 Å². The van der Waals surface area contributed by atoms with Crippen LogP contribution in [0.5, 0.6) is 11.5 Å². The van der Waals surface area contributed by atoms with Gasteiger partial charge in [0.15, 0.2) is 5.75 Å². The van der Waals surface area contributed by atoms with E-state index in [9.17, 15) is 14.9 Å². The normalized spacial score (nSPS) is 10.7. The number of hydrogen-bond acceptors (Lipinski definition) is 8. The molecule has 10 nitrogen and oxygen atoms in total. The highest BCUT2D eigenvalue weighted by Crippen LogP contribution is 2.37. The van der Waals surface area contributed by atoms with E-state index in [1.807, 2.05) is 0 Å². The van der Waals surface area contributed by atoms with Gasteiger partial charge in [0, 0.05) is 11.6 Å². The highest BCUT2D eigenvalue weighted by Gasteiger charge is 2.21. The van der Waals surface area contributed by atoms with Gasteiger partial charge < -0.3 is 9.47 Å². The molecule has 1 heterocycles. The van der Waals surface area contributed by atoms with Crippen molar-refractivity contribution in [3.8, 4) is 11.5 Å². The van der Waals surface area contributed by atoms with Gasteiger partial charge in [-0.15, -0.1) is 0 Å². The largest absolute Gasteiger partial charge is 0.493 e. The summed E-state index contributed by atoms with van der Waals surface area (Å²) in [5, 5.41) is 20.9. The van der Waals surface area contributed by atoms with E-state index in [-0.39, 0.29) is 22.0 Å². The Morgan fingerprint density at radius 1 is 1.43 bits per heavy atom. The summed E-state index contributed by atoms with van der Waals surface area (Å²) in [4.78, 5) is 22.1. The summed E-state index contributed by atoms with van der Waals surface area (Å²) in [5.41, 5.74) is -0.507. The van der Waals surface area contributed by atoms with Crippen LogP contribution in [0.3, 0.4) is 0 Å². The van der Waals surface area contributed by atoms with Crippen LogP contribution in [-0.4, -0.2) is 40.2 Å². The number of methoxy groups -OCH3 is 2. The van der Waals surface area contributed by atoms with Gasteiger partial charge in [0.2, 0.25) is 10.5 Å². The first-order valence-electron chi connectivity index (χ1n) is 6.09. The van der Waals surface area contributed by atoms with Crippen molar-refractivity contribution < 1.29 is 14.4 Å². The van der Waals surface area contributed by atoms with Crippen molar-refractivity contribution in [3.63, 3.8) is 0 Å². The van der Waals surface area contributed by atoms with E-state index in [1.165, 1.54) is 32.6 Å². The fraction of sp³-hybridized carbons (Fsp3) is 0.167. The van der Waals surface area contributed by atoms with E-state index < -0.39 is 10.5 Å². The molecule has 0 amide bonds. The molecule has 2 aromatic rings. The maximum atomic E-state index is 11.6. The molecular weight excluding hydrogens is 326 g/mol. The molecule has 0 spiro atoms. The number of benzene rings is 1. The molecule has 0 aliphatic rings. The lowest BCUT2D eigenvalue weighted by Gasteiger charge is -2.08. The number of aromatic amines is 1. The third-order valence-electron chi connectivity index (χ3n) is 2.74. The van der Waals surface area contributed by atoms with Crippen LogP contribution in [0.4, 0.5) is 5.69 Å². The second kappa shape index (κ2) is 6.79. The van der Waals surface area contributed by atoms with E-state index in [4.69, 9.17) is 21.7 Å². The molecule has 11 heteroatoms. The van der Waals surface area contributed by atoms with Gasteiger partial charge in [-0.25, -0.2) is 0 Å². The molecule has 0 aliphatic carbocycles. The maximum Gasteiger partial charge on any atom is 0.315 e. The van der Waals surface area contributed by atoms with Crippen molar-refractivity contribution >= 4 is 24.1 Å². The first-order valence-corrected chi connectivity index (χ1v) is 6.50. The lowest BCUT2D eigenvalue weighted by atomic mass is 10.2. The SMILES string of the molecule is COc1cc(/C=N\n2c(=O)cn[nH]c2=S)cc([N+](=O)[O-])c1OC. The molecule has 23 heavy (non-hydrogen) atoms. The van der Waals surface area contributed by atoms with Crippen molar-refractivity contribution in [2.24, 2.45) is 5.10 Å². The summed E-state index contributed by atoms with van der Waals surface area (Å²) in [7, 11) is 2.65. The molecule has 0 saturated heterocycles. The first kappa shape index (κ1) is 16.3. The number of aromatic nitrogens is 3. The lowest BCUT2D eigenvalue weighted by molar-refractivity contribution is -0.385. The number of ether oxygens (including phenoxy) is 2. The summed E-state index contributed by atoms with van der Waals surface area (Å²) in [6, 6.07) is 2.72. The third kappa shape index (κ3) is 3.40. The zero-order valence-corrected chi connectivity index (χ0v) is 12.9. The van der Waals surface area contributed by atoms with Crippen LogP contribution in [0.15, 0.2) is 28.2 Å². The summed E-state index contributed by atoms with van der Waals surface area (Å²) in [6.07, 6.45) is 2.24. The molecule has 0 atom stereocenters. The van der Waals surface area contributed by atoms with E-state index in [2.05, 4.69) is 15.3 Å². The van der Waals surface area contributed by atoms with Crippen LogP contribution < -0.4 is 15.0 Å². The van der Waals surface area contributed by atoms with E-state index in [0.717, 1.165) is 10.9 Å². The third-order valence-corrected chi connectivity index (χ3v) is 3.00. The molecule has 0 aliphatic heterocycles. The maximum absolute atomic E-state index is 11.6. The Hall–Kier alpha value is -3.08. The highest BCUT2D eigenvalue weighted by molar-refractivity contribution is 7.71. The van der Waals surface area contributed by atoms with Gasteiger partial charge in [-0.05, 0) is 18.3 Å². The van der Waals surface area contributed by atoms with E-state index in [1.54, 1.807) is 0 Å². The second-order valence-electron chi connectivity index (χ2n) is 4.10. The zero-order valence-electron chi connectivity index (χ0n) is 12.0. The molecule has 120 valence electrons. The minimum Gasteiger partial charge on any atom is -0.493 e. The molecule has 0 saturated carbocycles. The molecule has 2 rings (SSSR count). The van der Waals surface area contributed by atoms with Crippen LogP contribution in [0.1, 0.15) is 5.56 Å². The summed E-state index contributed by atoms with van der Waals surface area (Å²) in [5.74, 6) is 0.156. The Kier molecular flexibility index (Phi) is 4.81. The Labute approximate surface area is 134 Å². The number of nitro benzene ring substituents is 1. The molecule has 0 fully saturated rings. The van der Waals surface area contributed by atoms with Gasteiger partial charge in [-0.2, -0.15) is 14.9 Å². The van der Waals surface area contributed by atoms with Crippen LogP contribution in [0.25, 0.3) is 0 Å². The Balaban J connectivity index is 2.54. The van der Waals surface area contributed by atoms with Crippen molar-refractivity contribution in [2.75, 3.05) is 14.2 Å². The zero-order chi connectivity index (χ0) is 17.0. The van der Waals surface area contributed by atoms with Crippen LogP contribution in [0.2, 0.25) is 0 Å². The van der Waals surface area contributed by atoms with Gasteiger partial charge in [0.1, 0.15) is 6.20 Å². The fourth-order valence-electron chi connectivity index (χ4n) is 1.75. The average molecular weight is 337 g/mol. The molecule has 1 aromatic carbocycles. The molecule has 0 radical (unpaired) electrons. The lowest BCUT2D eigenvalue weighted by Crippen LogP contribution is -2.18. The van der Waals surface area contributed by atoms with Gasteiger partial charge >= 0.3 is 5.69 Å². The quantitative estimate of drug-likeness (QED) is 0.375. The number of rotatable bonds is 5. The Bertz CT molecular complexity index is 860. The topological polar surface area (TPSA) is 125 Å². The smallest absolute Gasteiger partial charge is 0.315 e. The van der Waals surface area contributed by atoms with Crippen molar-refractivity contribution in [1.29, 1.82) is 0 Å². The van der Waals surface area contributed by atoms with Crippen molar-refractivity contribution in [3.05, 3.63) is 49.1 Å². The molecule has 0 bridgehead atoms. The molecule has 0 unspecified atom stereocenters. The fourth-order valence-corrected chi connectivity index (χ4v) is 1.94. The first-order chi connectivity index (χ1) is 11.0. The van der Waals surface area contributed by atoms with Gasteiger partial charge in [-0.3, -0.25) is 20.0 Å². The van der Waals surface area contributed by atoms with Gasteiger partial charge in [0.25, 0.3) is 5.56 Å². The monoisotopic (exact) mass is 337 g/mol. The number of H-pyrrole nitrogens is 1. The molecule has 1 N–H and O–H groups in total. The second-order valence-corrected chi connectivity index (χ2v) is 4.49. The number of hydrogen-bond donors (Lipinski definition) is 1. The predicted molar refractivity (Wildman–Crippen MR) is 82.9 cm³/mol. The summed E-state index contributed by atoms with van der Waals surface area (Å²) in [6.45, 7) is 0. The van der Waals surface area contributed by atoms with Crippen molar-refractivity contribution in [1.82, 2.24) is 14.9 Å². The standard InChI is InChI=1S/C12H11N5O5S/c1-21-9-4-7(3-8(17(19)20)11(9)22-2)5-14-16-10(18)6-13-15-12(16)23/h3-6H,1-2H3,(H,15,23)/b14-5-. The number of nitrogens with one attached hydrogen (secondary N) is 1. The predicted octanol–water partition coefficient (Wildman–Crippen LogP) is 1.11. The van der Waals surface area contributed by atoms with E-state index in [0.29, 0.717) is 5.56 Å². The summed E-state index contributed by atoms with van der Waals surface area (Å²) >= 11 is 4.89. The van der Waals surface area contributed by atoms with Gasteiger partial charge in [-0.1, -0.05) is 0 Å². The minimum atomic E-state index is -0.608. The van der Waals surface area contributed by atoms with E-state index >= 15 is 0 Å². The summed E-state index contributed by atoms with van der Waals surface area (Å²) < 4.78 is 10.9. The Morgan fingerprint density at radius 2 is 2.17 bits per heavy atom. The van der Waals surface area contributed by atoms with Crippen LogP contribution in [0, 0.1) is 14.9 Å². The minimum absolute atomic E-state index is 0.00646. The Morgan fingerprint density at radius 3 is 2.74 bits per heavy atom. The molecular formula is C12H11N5O5S. The van der Waals surface area contributed by atoms with Gasteiger partial charge in [0.05, 0.1) is 25.4 Å². The average Bonchev–Trinajstić information content (AvgIpc) is 2.53. The number of nitro groups is 1. The number of nitrogens with zero attached hydrogens (tertiary/aromatic N) is 4. The molecule has 1 aromatic heterocycles. The van der Waals surface area contributed by atoms with Crippen LogP contribution in [-0.2, 0) is 0 Å². The van der Waals surface area contributed by atoms with Crippen molar-refractivity contribution in [2.45, 2.75) is 0 Å². The highest BCUT2D eigenvalue weighted by atomic mass is 32.1.